The van der Waals surface area contributed by atoms with E-state index in [-0.39, 0.29) is 11.3 Å². The highest BCUT2D eigenvalue weighted by atomic mass is 35.5. The maximum atomic E-state index is 5.80. The van der Waals surface area contributed by atoms with Crippen LogP contribution in [0.4, 0.5) is 0 Å². The molecule has 1 aliphatic rings. The second-order valence-electron chi connectivity index (χ2n) is 3.91. The monoisotopic (exact) mass is 244 g/mol. The molecule has 0 bridgehead atoms. The smallest absolute Gasteiger partial charge is 0.252 e. The van der Waals surface area contributed by atoms with E-state index in [1.807, 2.05) is 13.8 Å². The molecule has 0 amide bonds. The van der Waals surface area contributed by atoms with Crippen LogP contribution in [-0.4, -0.2) is 35.1 Å². The first-order valence-electron chi connectivity index (χ1n) is 4.98. The SMILES string of the molecule is CC1(C)OCC(COc2nccnc2Cl)O1. The van der Waals surface area contributed by atoms with Crippen LogP contribution in [0.1, 0.15) is 13.8 Å². The van der Waals surface area contributed by atoms with E-state index in [4.69, 9.17) is 25.8 Å². The molecule has 1 unspecified atom stereocenters. The van der Waals surface area contributed by atoms with E-state index < -0.39 is 5.79 Å². The third kappa shape index (κ3) is 2.81. The first-order chi connectivity index (χ1) is 7.57. The molecule has 1 saturated heterocycles. The molecule has 6 heteroatoms. The highest BCUT2D eigenvalue weighted by molar-refractivity contribution is 6.30. The van der Waals surface area contributed by atoms with Gasteiger partial charge in [-0.3, -0.25) is 0 Å². The molecule has 1 atom stereocenters. The Morgan fingerprint density at radius 3 is 2.88 bits per heavy atom. The van der Waals surface area contributed by atoms with Gasteiger partial charge in [0, 0.05) is 12.4 Å². The van der Waals surface area contributed by atoms with Crippen LogP contribution in [0.5, 0.6) is 5.88 Å². The largest absolute Gasteiger partial charge is 0.473 e. The maximum absolute atomic E-state index is 5.80. The van der Waals surface area contributed by atoms with Gasteiger partial charge < -0.3 is 14.2 Å². The summed E-state index contributed by atoms with van der Waals surface area (Å²) < 4.78 is 16.4. The molecule has 2 heterocycles. The molecule has 0 aromatic carbocycles. The summed E-state index contributed by atoms with van der Waals surface area (Å²) >= 11 is 5.80. The van der Waals surface area contributed by atoms with Crippen molar-refractivity contribution in [1.82, 2.24) is 9.97 Å². The van der Waals surface area contributed by atoms with Gasteiger partial charge in [-0.1, -0.05) is 11.6 Å². The van der Waals surface area contributed by atoms with Gasteiger partial charge in [0.05, 0.1) is 6.61 Å². The van der Waals surface area contributed by atoms with Gasteiger partial charge in [0.15, 0.2) is 10.9 Å². The van der Waals surface area contributed by atoms with Gasteiger partial charge in [0.2, 0.25) is 0 Å². The molecule has 2 rings (SSSR count). The number of hydrogen-bond donors (Lipinski definition) is 0. The van der Waals surface area contributed by atoms with Crippen molar-refractivity contribution in [2.24, 2.45) is 0 Å². The Morgan fingerprint density at radius 2 is 2.25 bits per heavy atom. The second kappa shape index (κ2) is 4.53. The molecule has 88 valence electrons. The molecule has 0 radical (unpaired) electrons. The molecule has 1 fully saturated rings. The quantitative estimate of drug-likeness (QED) is 0.810. The van der Waals surface area contributed by atoms with Crippen LogP contribution < -0.4 is 4.74 Å². The van der Waals surface area contributed by atoms with Crippen molar-refractivity contribution in [2.75, 3.05) is 13.2 Å². The average molecular weight is 245 g/mol. The third-order valence-corrected chi connectivity index (χ3v) is 2.36. The minimum atomic E-state index is -0.541. The maximum Gasteiger partial charge on any atom is 0.252 e. The molecule has 5 nitrogen and oxygen atoms in total. The Labute approximate surface area is 98.7 Å². The van der Waals surface area contributed by atoms with Crippen LogP contribution in [0.2, 0.25) is 5.15 Å². The fourth-order valence-corrected chi connectivity index (χ4v) is 1.58. The minimum Gasteiger partial charge on any atom is -0.473 e. The summed E-state index contributed by atoms with van der Waals surface area (Å²) in [5.41, 5.74) is 0. The Hall–Kier alpha value is -0.910. The van der Waals surface area contributed by atoms with E-state index in [9.17, 15) is 0 Å². The Balaban J connectivity index is 1.87. The van der Waals surface area contributed by atoms with Crippen molar-refractivity contribution >= 4 is 11.6 Å². The summed E-state index contributed by atoms with van der Waals surface area (Å²) in [6.45, 7) is 4.58. The van der Waals surface area contributed by atoms with Gasteiger partial charge in [-0.15, -0.1) is 0 Å². The fourth-order valence-electron chi connectivity index (χ4n) is 1.42. The van der Waals surface area contributed by atoms with Gasteiger partial charge in [-0.2, -0.15) is 0 Å². The Bertz CT molecular complexity index is 373. The molecule has 1 aromatic heterocycles. The van der Waals surface area contributed by atoms with Gasteiger partial charge in [0.1, 0.15) is 12.7 Å². The lowest BCUT2D eigenvalue weighted by Gasteiger charge is -2.17. The Kier molecular flexibility index (Phi) is 3.28. The van der Waals surface area contributed by atoms with Crippen molar-refractivity contribution in [3.8, 4) is 5.88 Å². The van der Waals surface area contributed by atoms with Crippen LogP contribution in [-0.2, 0) is 9.47 Å². The summed E-state index contributed by atoms with van der Waals surface area (Å²) in [6.07, 6.45) is 2.93. The highest BCUT2D eigenvalue weighted by Crippen LogP contribution is 2.23. The van der Waals surface area contributed by atoms with Crippen LogP contribution in [0.3, 0.4) is 0 Å². The zero-order chi connectivity index (χ0) is 11.6. The summed E-state index contributed by atoms with van der Waals surface area (Å²) in [4.78, 5) is 7.82. The van der Waals surface area contributed by atoms with Crippen molar-refractivity contribution in [1.29, 1.82) is 0 Å². The predicted octanol–water partition coefficient (Wildman–Crippen LogP) is 1.66. The lowest BCUT2D eigenvalue weighted by atomic mass is 10.4. The average Bonchev–Trinajstić information content (AvgIpc) is 2.57. The molecule has 0 N–H and O–H groups in total. The van der Waals surface area contributed by atoms with E-state index in [0.717, 1.165) is 0 Å². The number of ether oxygens (including phenoxy) is 3. The van der Waals surface area contributed by atoms with Crippen LogP contribution in [0, 0.1) is 0 Å². The van der Waals surface area contributed by atoms with E-state index >= 15 is 0 Å². The molecule has 0 saturated carbocycles. The van der Waals surface area contributed by atoms with Crippen molar-refractivity contribution in [3.05, 3.63) is 17.5 Å². The number of hydrogen-bond acceptors (Lipinski definition) is 5. The lowest BCUT2D eigenvalue weighted by Crippen LogP contribution is -2.25. The van der Waals surface area contributed by atoms with Crippen LogP contribution in [0.25, 0.3) is 0 Å². The van der Waals surface area contributed by atoms with Crippen molar-refractivity contribution in [3.63, 3.8) is 0 Å². The molecule has 16 heavy (non-hydrogen) atoms. The summed E-state index contributed by atoms with van der Waals surface area (Å²) in [5, 5.41) is 0.251. The number of rotatable bonds is 3. The summed E-state index contributed by atoms with van der Waals surface area (Å²) in [5.74, 6) is -0.224. The molecule has 1 aromatic rings. The molecular weight excluding hydrogens is 232 g/mol. The molecule has 1 aliphatic heterocycles. The minimum absolute atomic E-state index is 0.104. The predicted molar refractivity (Wildman–Crippen MR) is 57.4 cm³/mol. The van der Waals surface area contributed by atoms with Crippen molar-refractivity contribution in [2.45, 2.75) is 25.7 Å². The standard InChI is InChI=1S/C10H13ClN2O3/c1-10(2)15-6-7(16-10)5-14-9-8(11)12-3-4-13-9/h3-4,7H,5-6H2,1-2H3. The lowest BCUT2D eigenvalue weighted by molar-refractivity contribution is -0.141. The van der Waals surface area contributed by atoms with Gasteiger partial charge in [-0.05, 0) is 13.8 Å². The first-order valence-corrected chi connectivity index (χ1v) is 5.36. The Morgan fingerprint density at radius 1 is 1.50 bits per heavy atom. The van der Waals surface area contributed by atoms with Gasteiger partial charge in [0.25, 0.3) is 5.88 Å². The van der Waals surface area contributed by atoms with E-state index in [0.29, 0.717) is 19.1 Å². The van der Waals surface area contributed by atoms with Crippen molar-refractivity contribution < 1.29 is 14.2 Å². The second-order valence-corrected chi connectivity index (χ2v) is 4.27. The highest BCUT2D eigenvalue weighted by Gasteiger charge is 2.33. The van der Waals surface area contributed by atoms with E-state index in [1.165, 1.54) is 12.4 Å². The van der Waals surface area contributed by atoms with E-state index in [2.05, 4.69) is 9.97 Å². The molecule has 0 spiro atoms. The topological polar surface area (TPSA) is 53.5 Å². The number of halogens is 1. The zero-order valence-corrected chi connectivity index (χ0v) is 9.90. The normalized spacial score (nSPS) is 23.3. The molecular formula is C10H13ClN2O3. The van der Waals surface area contributed by atoms with E-state index in [1.54, 1.807) is 0 Å². The summed E-state index contributed by atoms with van der Waals surface area (Å²) in [7, 11) is 0. The fraction of sp³-hybridized carbons (Fsp3) is 0.600. The first kappa shape index (κ1) is 11.6. The van der Waals surface area contributed by atoms with Gasteiger partial charge in [-0.25, -0.2) is 9.97 Å². The zero-order valence-electron chi connectivity index (χ0n) is 9.14. The van der Waals surface area contributed by atoms with Crippen LogP contribution in [0.15, 0.2) is 12.4 Å². The summed E-state index contributed by atoms with van der Waals surface area (Å²) in [6, 6.07) is 0. The van der Waals surface area contributed by atoms with Crippen LogP contribution >= 0.6 is 11.6 Å². The number of aromatic nitrogens is 2. The third-order valence-electron chi connectivity index (χ3n) is 2.10. The van der Waals surface area contributed by atoms with Gasteiger partial charge >= 0.3 is 0 Å². The number of nitrogens with zero attached hydrogens (tertiary/aromatic N) is 2. The molecule has 0 aliphatic carbocycles.